The highest BCUT2D eigenvalue weighted by Gasteiger charge is 2.18. The highest BCUT2D eigenvalue weighted by atomic mass is 32.2. The number of carbonyl (C=O) groups is 1. The minimum Gasteiger partial charge on any atom is -0.469 e. The second kappa shape index (κ2) is 6.41. The molecule has 0 radical (unpaired) electrons. The quantitative estimate of drug-likeness (QED) is 0.700. The molecule has 0 saturated heterocycles. The molecule has 0 aliphatic heterocycles. The van der Waals surface area contributed by atoms with Crippen molar-refractivity contribution in [2.24, 2.45) is 5.14 Å². The van der Waals surface area contributed by atoms with Gasteiger partial charge in [0.2, 0.25) is 20.0 Å². The van der Waals surface area contributed by atoms with Gasteiger partial charge >= 0.3 is 5.97 Å². The maximum absolute atomic E-state index is 11.8. The normalized spacial score (nSPS) is 12.0. The van der Waals surface area contributed by atoms with Crippen LogP contribution in [0.4, 0.5) is 5.69 Å². The van der Waals surface area contributed by atoms with E-state index in [2.05, 4.69) is 9.46 Å². The predicted octanol–water partition coefficient (Wildman–Crippen LogP) is -0.0528. The number of nitrogens with two attached hydrogens (primary N) is 1. The van der Waals surface area contributed by atoms with Crippen LogP contribution in [0.1, 0.15) is 12.0 Å². The minimum atomic E-state index is -3.95. The molecule has 0 atom stereocenters. The molecule has 0 aromatic heterocycles. The van der Waals surface area contributed by atoms with Crippen LogP contribution in [0.3, 0.4) is 0 Å². The number of primary sulfonamides is 1. The average molecular weight is 336 g/mol. The molecule has 21 heavy (non-hydrogen) atoms. The molecule has 0 bridgehead atoms. The van der Waals surface area contributed by atoms with Gasteiger partial charge in [0.25, 0.3) is 0 Å². The molecule has 10 heteroatoms. The number of hydrogen-bond donors (Lipinski definition) is 2. The van der Waals surface area contributed by atoms with Crippen molar-refractivity contribution in [1.29, 1.82) is 0 Å². The molecule has 3 N–H and O–H groups in total. The van der Waals surface area contributed by atoms with Crippen LogP contribution in [0.25, 0.3) is 0 Å². The maximum Gasteiger partial charge on any atom is 0.306 e. The molecule has 0 fully saturated rings. The molecule has 0 heterocycles. The van der Waals surface area contributed by atoms with E-state index in [0.29, 0.717) is 0 Å². The molecule has 1 aromatic carbocycles. The minimum absolute atomic E-state index is 0.0893. The van der Waals surface area contributed by atoms with Crippen molar-refractivity contribution in [1.82, 2.24) is 0 Å². The predicted molar refractivity (Wildman–Crippen MR) is 76.6 cm³/mol. The largest absolute Gasteiger partial charge is 0.469 e. The van der Waals surface area contributed by atoms with E-state index in [-0.39, 0.29) is 22.6 Å². The van der Waals surface area contributed by atoms with Crippen LogP contribution in [0.15, 0.2) is 23.1 Å². The lowest BCUT2D eigenvalue weighted by molar-refractivity contribution is -0.140. The van der Waals surface area contributed by atoms with Gasteiger partial charge in [0.05, 0.1) is 29.9 Å². The Bertz CT molecular complexity index is 740. The first-order valence-corrected chi connectivity index (χ1v) is 8.96. The molecule has 0 amide bonds. The number of esters is 1. The second-order valence-electron chi connectivity index (χ2n) is 4.22. The molecular formula is C11H16N2O6S2. The summed E-state index contributed by atoms with van der Waals surface area (Å²) >= 11 is 0. The van der Waals surface area contributed by atoms with Crippen LogP contribution in [-0.4, -0.2) is 35.7 Å². The Labute approximate surface area is 123 Å². The van der Waals surface area contributed by atoms with Gasteiger partial charge in [0, 0.05) is 0 Å². The van der Waals surface area contributed by atoms with Crippen LogP contribution in [-0.2, 0) is 29.6 Å². The van der Waals surface area contributed by atoms with Crippen LogP contribution in [0, 0.1) is 6.92 Å². The third-order valence-electron chi connectivity index (χ3n) is 2.66. The molecule has 0 unspecified atom stereocenters. The summed E-state index contributed by atoms with van der Waals surface area (Å²) in [5.74, 6) is -1.13. The van der Waals surface area contributed by atoms with Crippen LogP contribution >= 0.6 is 0 Å². The first kappa shape index (κ1) is 17.4. The van der Waals surface area contributed by atoms with Crippen LogP contribution in [0.5, 0.6) is 0 Å². The summed E-state index contributed by atoms with van der Waals surface area (Å²) in [7, 11) is -6.61. The number of hydrogen-bond acceptors (Lipinski definition) is 6. The zero-order chi connectivity index (χ0) is 16.3. The fraction of sp³-hybridized carbons (Fsp3) is 0.364. The van der Waals surface area contributed by atoms with Gasteiger partial charge in [0.15, 0.2) is 0 Å². The van der Waals surface area contributed by atoms with Crippen molar-refractivity contribution >= 4 is 31.7 Å². The number of anilines is 1. The number of methoxy groups -OCH3 is 1. The Hall–Kier alpha value is -1.65. The molecule has 1 aromatic rings. The van der Waals surface area contributed by atoms with E-state index < -0.39 is 31.8 Å². The maximum atomic E-state index is 11.8. The van der Waals surface area contributed by atoms with E-state index in [1.54, 1.807) is 0 Å². The van der Waals surface area contributed by atoms with Gasteiger partial charge in [-0.25, -0.2) is 22.0 Å². The molecule has 8 nitrogen and oxygen atoms in total. The monoisotopic (exact) mass is 336 g/mol. The second-order valence-corrected chi connectivity index (χ2v) is 7.59. The molecule has 118 valence electrons. The van der Waals surface area contributed by atoms with Gasteiger partial charge in [0.1, 0.15) is 0 Å². The smallest absolute Gasteiger partial charge is 0.306 e. The molecule has 1 rings (SSSR count). The summed E-state index contributed by atoms with van der Waals surface area (Å²) in [6.45, 7) is 1.43. The van der Waals surface area contributed by atoms with Crippen molar-refractivity contribution in [2.45, 2.75) is 18.2 Å². The average Bonchev–Trinajstić information content (AvgIpc) is 2.37. The van der Waals surface area contributed by atoms with Gasteiger partial charge in [-0.3, -0.25) is 9.52 Å². The van der Waals surface area contributed by atoms with Gasteiger partial charge < -0.3 is 4.74 Å². The lowest BCUT2D eigenvalue weighted by atomic mass is 10.2. The fourth-order valence-electron chi connectivity index (χ4n) is 1.57. The van der Waals surface area contributed by atoms with E-state index in [4.69, 9.17) is 5.14 Å². The molecule has 0 aliphatic carbocycles. The van der Waals surface area contributed by atoms with Gasteiger partial charge in [-0.2, -0.15) is 0 Å². The first-order valence-electron chi connectivity index (χ1n) is 5.76. The van der Waals surface area contributed by atoms with Gasteiger partial charge in [-0.15, -0.1) is 0 Å². The van der Waals surface area contributed by atoms with E-state index in [1.165, 1.54) is 25.1 Å². The summed E-state index contributed by atoms with van der Waals surface area (Å²) in [5, 5.41) is 5.04. The topological polar surface area (TPSA) is 133 Å². The Morgan fingerprint density at radius 3 is 2.43 bits per heavy atom. The number of carbonyl (C=O) groups excluding carboxylic acids is 1. The highest BCUT2D eigenvalue weighted by Crippen LogP contribution is 2.23. The third-order valence-corrected chi connectivity index (χ3v) is 4.99. The van der Waals surface area contributed by atoms with E-state index in [9.17, 15) is 21.6 Å². The van der Waals surface area contributed by atoms with Crippen molar-refractivity contribution in [3.63, 3.8) is 0 Å². The summed E-state index contributed by atoms with van der Waals surface area (Å²) in [6, 6.07) is 4.04. The van der Waals surface area contributed by atoms with Crippen molar-refractivity contribution in [3.8, 4) is 0 Å². The summed E-state index contributed by atoms with van der Waals surface area (Å²) < 4.78 is 53.0. The van der Waals surface area contributed by atoms with Crippen LogP contribution < -0.4 is 9.86 Å². The standard InChI is InChI=1S/C11H16N2O6S2/c1-8-9(4-3-5-10(8)21(12,17)18)13-20(15,16)7-6-11(14)19-2/h3-5,13H,6-7H2,1-2H3,(H2,12,17,18). The summed E-state index contributed by atoms with van der Waals surface area (Å²) in [4.78, 5) is 10.8. The number of sulfonamides is 2. The first-order chi connectivity index (χ1) is 9.57. The molecule has 0 spiro atoms. The number of rotatable bonds is 6. The Kier molecular flexibility index (Phi) is 5.31. The summed E-state index contributed by atoms with van der Waals surface area (Å²) in [5.41, 5.74) is 0.271. The third kappa shape index (κ3) is 4.99. The number of benzene rings is 1. The van der Waals surface area contributed by atoms with Crippen molar-refractivity contribution in [2.75, 3.05) is 17.6 Å². The van der Waals surface area contributed by atoms with Crippen molar-refractivity contribution < 1.29 is 26.4 Å². The Morgan fingerprint density at radius 1 is 1.29 bits per heavy atom. The molecular weight excluding hydrogens is 320 g/mol. The van der Waals surface area contributed by atoms with E-state index >= 15 is 0 Å². The van der Waals surface area contributed by atoms with E-state index in [1.807, 2.05) is 0 Å². The zero-order valence-electron chi connectivity index (χ0n) is 11.5. The SMILES string of the molecule is COC(=O)CCS(=O)(=O)Nc1cccc(S(N)(=O)=O)c1C. The van der Waals surface area contributed by atoms with Crippen molar-refractivity contribution in [3.05, 3.63) is 23.8 Å². The summed E-state index contributed by atoms with van der Waals surface area (Å²) in [6.07, 6.45) is -0.306. The Morgan fingerprint density at radius 2 is 1.90 bits per heavy atom. The number of ether oxygens (including phenoxy) is 1. The Balaban J connectivity index is 3.01. The zero-order valence-corrected chi connectivity index (χ0v) is 13.1. The van der Waals surface area contributed by atoms with Gasteiger partial charge in [-0.05, 0) is 24.6 Å². The fourth-order valence-corrected chi connectivity index (χ4v) is 3.47. The lowest BCUT2D eigenvalue weighted by Crippen LogP contribution is -2.21. The van der Waals surface area contributed by atoms with Crippen LogP contribution in [0.2, 0.25) is 0 Å². The molecule has 0 saturated carbocycles. The van der Waals surface area contributed by atoms with E-state index in [0.717, 1.165) is 7.11 Å². The number of nitrogens with one attached hydrogen (secondary N) is 1. The van der Waals surface area contributed by atoms with Gasteiger partial charge in [-0.1, -0.05) is 6.07 Å². The lowest BCUT2D eigenvalue weighted by Gasteiger charge is -2.12. The highest BCUT2D eigenvalue weighted by molar-refractivity contribution is 7.92. The molecule has 0 aliphatic rings.